The summed E-state index contributed by atoms with van der Waals surface area (Å²) < 4.78 is 0. The van der Waals surface area contributed by atoms with Gasteiger partial charge in [-0.05, 0) is 11.8 Å². The normalized spacial score (nSPS) is 14.5. The predicted octanol–water partition coefficient (Wildman–Crippen LogP) is 4.27. The zero-order valence-electron chi connectivity index (χ0n) is 12.0. The monoisotopic (exact) mass is 241 g/mol. The van der Waals surface area contributed by atoms with E-state index in [0.717, 1.165) is 6.42 Å². The van der Waals surface area contributed by atoms with Crippen molar-refractivity contribution in [1.29, 1.82) is 0 Å². The predicted molar refractivity (Wildman–Crippen MR) is 74.7 cm³/mol. The Morgan fingerprint density at radius 1 is 0.941 bits per heavy atom. The molecule has 0 fully saturated rings. The van der Waals surface area contributed by atoms with E-state index in [4.69, 9.17) is 5.73 Å². The summed E-state index contributed by atoms with van der Waals surface area (Å²) in [6, 6.07) is 0. The fraction of sp³-hybridized carbons (Fsp3) is 0.933. The van der Waals surface area contributed by atoms with Crippen molar-refractivity contribution in [3.63, 3.8) is 0 Å². The molecule has 0 bridgehead atoms. The molecule has 0 aromatic heterocycles. The topological polar surface area (TPSA) is 43.1 Å². The molecule has 0 aliphatic heterocycles. The molecule has 0 radical (unpaired) electrons. The third-order valence-corrected chi connectivity index (χ3v) is 3.74. The highest BCUT2D eigenvalue weighted by atomic mass is 16.1. The quantitative estimate of drug-likeness (QED) is 0.539. The first-order valence-corrected chi connectivity index (χ1v) is 7.43. The molecule has 0 saturated carbocycles. The van der Waals surface area contributed by atoms with Crippen molar-refractivity contribution < 1.29 is 4.79 Å². The van der Waals surface area contributed by atoms with E-state index in [1.54, 1.807) is 0 Å². The van der Waals surface area contributed by atoms with E-state index < -0.39 is 0 Å². The second-order valence-corrected chi connectivity index (χ2v) is 5.24. The first kappa shape index (κ1) is 16.5. The van der Waals surface area contributed by atoms with E-state index in [-0.39, 0.29) is 5.91 Å². The highest BCUT2D eigenvalue weighted by Gasteiger charge is 2.20. The van der Waals surface area contributed by atoms with Crippen LogP contribution in [0.15, 0.2) is 0 Å². The Hall–Kier alpha value is -0.530. The van der Waals surface area contributed by atoms with Crippen LogP contribution in [0.3, 0.4) is 0 Å². The molecule has 0 aromatic carbocycles. The van der Waals surface area contributed by atoms with Crippen LogP contribution in [-0.4, -0.2) is 5.91 Å². The molecule has 0 spiro atoms. The summed E-state index contributed by atoms with van der Waals surface area (Å²) in [5, 5.41) is 0. The van der Waals surface area contributed by atoms with Gasteiger partial charge >= 0.3 is 0 Å². The fourth-order valence-corrected chi connectivity index (χ4v) is 2.72. The van der Waals surface area contributed by atoms with Crippen LogP contribution in [0.4, 0.5) is 0 Å². The summed E-state index contributed by atoms with van der Waals surface area (Å²) in [5.41, 5.74) is 5.34. The minimum atomic E-state index is -0.133. The van der Waals surface area contributed by atoms with E-state index in [1.165, 1.54) is 44.9 Å². The number of carbonyl (C=O) groups is 1. The van der Waals surface area contributed by atoms with Gasteiger partial charge in [0.1, 0.15) is 0 Å². The van der Waals surface area contributed by atoms with Crippen molar-refractivity contribution >= 4 is 5.91 Å². The van der Waals surface area contributed by atoms with Gasteiger partial charge in [-0.15, -0.1) is 0 Å². The largest absolute Gasteiger partial charge is 0.370 e. The number of rotatable bonds is 11. The van der Waals surface area contributed by atoms with Crippen LogP contribution < -0.4 is 5.73 Å². The van der Waals surface area contributed by atoms with Crippen molar-refractivity contribution in [2.75, 3.05) is 0 Å². The Kier molecular flexibility index (Phi) is 10.3. The van der Waals surface area contributed by atoms with Crippen molar-refractivity contribution in [1.82, 2.24) is 0 Å². The van der Waals surface area contributed by atoms with Gasteiger partial charge < -0.3 is 5.73 Å². The first-order chi connectivity index (χ1) is 8.15. The van der Waals surface area contributed by atoms with Crippen LogP contribution >= 0.6 is 0 Å². The summed E-state index contributed by atoms with van der Waals surface area (Å²) in [7, 11) is 0. The van der Waals surface area contributed by atoms with Gasteiger partial charge in [0.15, 0.2) is 0 Å². The van der Waals surface area contributed by atoms with Gasteiger partial charge in [0.2, 0.25) is 5.91 Å². The Morgan fingerprint density at radius 2 is 1.65 bits per heavy atom. The van der Waals surface area contributed by atoms with Crippen molar-refractivity contribution in [3.05, 3.63) is 0 Å². The molecule has 0 heterocycles. The number of unbranched alkanes of at least 4 members (excludes halogenated alkanes) is 3. The molecule has 0 rings (SSSR count). The Balaban J connectivity index is 4.10. The van der Waals surface area contributed by atoms with Crippen molar-refractivity contribution in [2.24, 2.45) is 17.6 Å². The van der Waals surface area contributed by atoms with Gasteiger partial charge in [0.25, 0.3) is 0 Å². The smallest absolute Gasteiger partial charge is 0.217 e. The van der Waals surface area contributed by atoms with E-state index in [9.17, 15) is 4.79 Å². The molecular formula is C15H31NO. The number of amides is 1. The summed E-state index contributed by atoms with van der Waals surface area (Å²) >= 11 is 0. The molecule has 17 heavy (non-hydrogen) atoms. The molecule has 2 nitrogen and oxygen atoms in total. The zero-order valence-corrected chi connectivity index (χ0v) is 12.0. The SMILES string of the molecule is CCCCCCC(CCC)C(CC)CC(N)=O. The van der Waals surface area contributed by atoms with Crippen LogP contribution in [0.1, 0.15) is 78.6 Å². The van der Waals surface area contributed by atoms with Crippen LogP contribution in [0.25, 0.3) is 0 Å². The van der Waals surface area contributed by atoms with Crippen molar-refractivity contribution in [2.45, 2.75) is 78.6 Å². The molecule has 2 N–H and O–H groups in total. The van der Waals surface area contributed by atoms with Crippen molar-refractivity contribution in [3.8, 4) is 0 Å². The van der Waals surface area contributed by atoms with E-state index in [1.807, 2.05) is 0 Å². The molecule has 2 atom stereocenters. The molecular weight excluding hydrogens is 210 g/mol. The van der Waals surface area contributed by atoms with Crippen LogP contribution in [0, 0.1) is 11.8 Å². The number of primary amides is 1. The second kappa shape index (κ2) is 10.6. The summed E-state index contributed by atoms with van der Waals surface area (Å²) in [5.74, 6) is 1.08. The van der Waals surface area contributed by atoms with Gasteiger partial charge in [-0.2, -0.15) is 0 Å². The van der Waals surface area contributed by atoms with E-state index >= 15 is 0 Å². The van der Waals surface area contributed by atoms with Gasteiger partial charge in [-0.1, -0.05) is 72.1 Å². The Morgan fingerprint density at radius 3 is 2.12 bits per heavy atom. The lowest BCUT2D eigenvalue weighted by molar-refractivity contribution is -0.119. The number of carbonyl (C=O) groups excluding carboxylic acids is 1. The maximum Gasteiger partial charge on any atom is 0.217 e. The summed E-state index contributed by atoms with van der Waals surface area (Å²) in [4.78, 5) is 11.1. The molecule has 0 saturated heterocycles. The summed E-state index contributed by atoms with van der Waals surface area (Å²) in [6.07, 6.45) is 10.7. The molecule has 1 amide bonds. The highest BCUT2D eigenvalue weighted by Crippen LogP contribution is 2.29. The Bertz CT molecular complexity index is 191. The number of nitrogens with two attached hydrogens (primary N) is 1. The minimum absolute atomic E-state index is 0.133. The second-order valence-electron chi connectivity index (χ2n) is 5.24. The number of hydrogen-bond acceptors (Lipinski definition) is 1. The number of hydrogen-bond donors (Lipinski definition) is 1. The molecule has 2 heteroatoms. The van der Waals surface area contributed by atoms with Gasteiger partial charge in [-0.25, -0.2) is 0 Å². The first-order valence-electron chi connectivity index (χ1n) is 7.43. The maximum absolute atomic E-state index is 11.1. The van der Waals surface area contributed by atoms with Gasteiger partial charge in [-0.3, -0.25) is 4.79 Å². The zero-order chi connectivity index (χ0) is 13.1. The lowest BCUT2D eigenvalue weighted by Gasteiger charge is -2.25. The molecule has 0 aliphatic rings. The lowest BCUT2D eigenvalue weighted by atomic mass is 9.81. The Labute approximate surface area is 107 Å². The minimum Gasteiger partial charge on any atom is -0.370 e. The van der Waals surface area contributed by atoms with Crippen LogP contribution in [0.5, 0.6) is 0 Å². The molecule has 2 unspecified atom stereocenters. The maximum atomic E-state index is 11.1. The van der Waals surface area contributed by atoms with Gasteiger partial charge in [0.05, 0.1) is 0 Å². The average Bonchev–Trinajstić information content (AvgIpc) is 2.30. The van der Waals surface area contributed by atoms with Crippen LogP contribution in [0.2, 0.25) is 0 Å². The summed E-state index contributed by atoms with van der Waals surface area (Å²) in [6.45, 7) is 6.66. The lowest BCUT2D eigenvalue weighted by Crippen LogP contribution is -2.22. The molecule has 0 aromatic rings. The third-order valence-electron chi connectivity index (χ3n) is 3.74. The standard InChI is InChI=1S/C15H31NO/c1-4-7-8-9-11-14(10-5-2)13(6-3)12-15(16)17/h13-14H,4-12H2,1-3H3,(H2,16,17). The van der Waals surface area contributed by atoms with E-state index in [2.05, 4.69) is 20.8 Å². The van der Waals surface area contributed by atoms with E-state index in [0.29, 0.717) is 18.3 Å². The fourth-order valence-electron chi connectivity index (χ4n) is 2.72. The average molecular weight is 241 g/mol. The highest BCUT2D eigenvalue weighted by molar-refractivity contribution is 5.74. The third kappa shape index (κ3) is 8.23. The molecule has 102 valence electrons. The molecule has 0 aliphatic carbocycles. The van der Waals surface area contributed by atoms with Crippen LogP contribution in [-0.2, 0) is 4.79 Å². The van der Waals surface area contributed by atoms with Gasteiger partial charge in [0, 0.05) is 6.42 Å².